The molecule has 0 saturated carbocycles. The highest BCUT2D eigenvalue weighted by Gasteiger charge is 2.30. The predicted octanol–water partition coefficient (Wildman–Crippen LogP) is 0.154. The van der Waals surface area contributed by atoms with Gasteiger partial charge >= 0.3 is 0 Å². The highest BCUT2D eigenvalue weighted by Crippen LogP contribution is 2.27. The number of nitrogens with two attached hydrogens (primary N) is 1. The number of methoxy groups -OCH3 is 1. The van der Waals surface area contributed by atoms with Gasteiger partial charge in [0.05, 0.1) is 7.11 Å². The Balaban J connectivity index is 2.33. The van der Waals surface area contributed by atoms with Crippen LogP contribution in [0.25, 0.3) is 0 Å². The van der Waals surface area contributed by atoms with Crippen LogP contribution in [0.15, 0.2) is 18.3 Å². The van der Waals surface area contributed by atoms with Crippen molar-refractivity contribution >= 4 is 11.7 Å². The summed E-state index contributed by atoms with van der Waals surface area (Å²) >= 11 is 0. The van der Waals surface area contributed by atoms with Gasteiger partial charge < -0.3 is 10.5 Å². The monoisotopic (exact) mass is 207 g/mol. The molecule has 1 fully saturated rings. The van der Waals surface area contributed by atoms with Crippen LogP contribution in [0.4, 0.5) is 5.82 Å². The van der Waals surface area contributed by atoms with Gasteiger partial charge in [0, 0.05) is 25.2 Å². The van der Waals surface area contributed by atoms with Gasteiger partial charge in [-0.15, -0.1) is 0 Å². The number of pyridine rings is 1. The molecule has 2 rings (SSSR count). The van der Waals surface area contributed by atoms with E-state index in [-0.39, 0.29) is 11.9 Å². The lowest BCUT2D eigenvalue weighted by Crippen LogP contribution is -2.29. The van der Waals surface area contributed by atoms with Crippen LogP contribution in [0, 0.1) is 0 Å². The largest absolute Gasteiger partial charge is 0.493 e. The number of amides is 1. The summed E-state index contributed by atoms with van der Waals surface area (Å²) < 4.78 is 5.14. The minimum atomic E-state index is -0.107. The summed E-state index contributed by atoms with van der Waals surface area (Å²) in [5, 5.41) is 0. The second-order valence-corrected chi connectivity index (χ2v) is 3.50. The number of hydrogen-bond donors (Lipinski definition) is 1. The first-order valence-corrected chi connectivity index (χ1v) is 4.77. The Bertz CT molecular complexity index is 381. The molecule has 2 heterocycles. The highest BCUT2D eigenvalue weighted by atomic mass is 16.5. The Morgan fingerprint density at radius 2 is 2.47 bits per heavy atom. The highest BCUT2D eigenvalue weighted by molar-refractivity contribution is 5.96. The molecule has 1 amide bonds. The first-order valence-electron chi connectivity index (χ1n) is 4.77. The van der Waals surface area contributed by atoms with E-state index in [1.54, 1.807) is 30.3 Å². The van der Waals surface area contributed by atoms with Gasteiger partial charge in [-0.25, -0.2) is 4.98 Å². The summed E-state index contributed by atoms with van der Waals surface area (Å²) in [6, 6.07) is 3.44. The molecule has 1 aromatic rings. The Kier molecular flexibility index (Phi) is 2.55. The fourth-order valence-corrected chi connectivity index (χ4v) is 1.68. The SMILES string of the molecule is COc1cccnc1N1CC(N)CC1=O. The number of aromatic nitrogens is 1. The van der Waals surface area contributed by atoms with E-state index in [4.69, 9.17) is 10.5 Å². The second-order valence-electron chi connectivity index (χ2n) is 3.50. The first-order chi connectivity index (χ1) is 7.22. The van der Waals surface area contributed by atoms with E-state index in [0.717, 1.165) is 0 Å². The summed E-state index contributed by atoms with van der Waals surface area (Å²) in [7, 11) is 1.56. The Morgan fingerprint density at radius 1 is 1.67 bits per heavy atom. The van der Waals surface area contributed by atoms with Crippen LogP contribution in [-0.2, 0) is 4.79 Å². The number of anilines is 1. The molecule has 0 aromatic carbocycles. The second kappa shape index (κ2) is 3.86. The molecule has 0 radical (unpaired) electrons. The molecule has 1 aliphatic rings. The van der Waals surface area contributed by atoms with E-state index in [2.05, 4.69) is 4.98 Å². The standard InChI is InChI=1S/C10H13N3O2/c1-15-8-3-2-4-12-10(8)13-6-7(11)5-9(13)14/h2-4,7H,5-6,11H2,1H3. The van der Waals surface area contributed by atoms with E-state index >= 15 is 0 Å². The average Bonchev–Trinajstić information content (AvgIpc) is 2.57. The van der Waals surface area contributed by atoms with Crippen molar-refractivity contribution in [3.05, 3.63) is 18.3 Å². The number of ether oxygens (including phenoxy) is 1. The smallest absolute Gasteiger partial charge is 0.229 e. The maximum Gasteiger partial charge on any atom is 0.229 e. The molecule has 2 N–H and O–H groups in total. The zero-order chi connectivity index (χ0) is 10.8. The lowest BCUT2D eigenvalue weighted by atomic mass is 10.3. The number of rotatable bonds is 2. The summed E-state index contributed by atoms with van der Waals surface area (Å²) in [6.07, 6.45) is 2.01. The van der Waals surface area contributed by atoms with E-state index in [0.29, 0.717) is 24.5 Å². The van der Waals surface area contributed by atoms with Gasteiger partial charge in [-0.1, -0.05) is 0 Å². The number of carbonyl (C=O) groups is 1. The maximum absolute atomic E-state index is 11.6. The molecule has 80 valence electrons. The third kappa shape index (κ3) is 1.78. The summed E-state index contributed by atoms with van der Waals surface area (Å²) in [5.74, 6) is 1.15. The fourth-order valence-electron chi connectivity index (χ4n) is 1.68. The van der Waals surface area contributed by atoms with E-state index in [9.17, 15) is 4.79 Å². The van der Waals surface area contributed by atoms with Gasteiger partial charge in [0.15, 0.2) is 11.6 Å². The fraction of sp³-hybridized carbons (Fsp3) is 0.400. The predicted molar refractivity (Wildman–Crippen MR) is 55.7 cm³/mol. The number of hydrogen-bond acceptors (Lipinski definition) is 4. The zero-order valence-electron chi connectivity index (χ0n) is 8.51. The van der Waals surface area contributed by atoms with Crippen molar-refractivity contribution in [3.63, 3.8) is 0 Å². The van der Waals surface area contributed by atoms with E-state index in [1.807, 2.05) is 0 Å². The number of carbonyl (C=O) groups excluding carboxylic acids is 1. The summed E-state index contributed by atoms with van der Waals surface area (Å²) in [5.41, 5.74) is 5.71. The van der Waals surface area contributed by atoms with E-state index < -0.39 is 0 Å². The van der Waals surface area contributed by atoms with Crippen molar-refractivity contribution in [1.29, 1.82) is 0 Å². The third-order valence-electron chi connectivity index (χ3n) is 2.38. The molecule has 1 atom stereocenters. The van der Waals surface area contributed by atoms with Gasteiger partial charge in [-0.2, -0.15) is 0 Å². The van der Waals surface area contributed by atoms with Gasteiger partial charge in [-0.3, -0.25) is 9.69 Å². The molecule has 5 heteroatoms. The molecule has 0 aliphatic carbocycles. The molecule has 1 unspecified atom stereocenters. The van der Waals surface area contributed by atoms with Crippen molar-refractivity contribution < 1.29 is 9.53 Å². The Hall–Kier alpha value is -1.62. The first kappa shape index (κ1) is 9.92. The van der Waals surface area contributed by atoms with Crippen molar-refractivity contribution in [1.82, 2.24) is 4.98 Å². The summed E-state index contributed by atoms with van der Waals surface area (Å²) in [4.78, 5) is 17.3. The maximum atomic E-state index is 11.6. The topological polar surface area (TPSA) is 68.4 Å². The molecule has 5 nitrogen and oxygen atoms in total. The Labute approximate surface area is 87.8 Å². The van der Waals surface area contributed by atoms with Crippen LogP contribution in [0.3, 0.4) is 0 Å². The van der Waals surface area contributed by atoms with Crippen molar-refractivity contribution in [2.75, 3.05) is 18.6 Å². The summed E-state index contributed by atoms with van der Waals surface area (Å²) in [6.45, 7) is 0.506. The molecule has 1 aliphatic heterocycles. The number of nitrogens with zero attached hydrogens (tertiary/aromatic N) is 2. The van der Waals surface area contributed by atoms with Gasteiger partial charge in [0.2, 0.25) is 5.91 Å². The molecule has 0 spiro atoms. The third-order valence-corrected chi connectivity index (χ3v) is 2.38. The van der Waals surface area contributed by atoms with Crippen LogP contribution in [-0.4, -0.2) is 30.6 Å². The van der Waals surface area contributed by atoms with Crippen LogP contribution >= 0.6 is 0 Å². The van der Waals surface area contributed by atoms with Gasteiger partial charge in [-0.05, 0) is 12.1 Å². The lowest BCUT2D eigenvalue weighted by Gasteiger charge is -2.17. The Morgan fingerprint density at radius 3 is 3.07 bits per heavy atom. The zero-order valence-corrected chi connectivity index (χ0v) is 8.51. The van der Waals surface area contributed by atoms with Crippen LogP contribution in [0.5, 0.6) is 5.75 Å². The van der Waals surface area contributed by atoms with Gasteiger partial charge in [0.1, 0.15) is 0 Å². The van der Waals surface area contributed by atoms with Crippen molar-refractivity contribution in [2.24, 2.45) is 5.73 Å². The van der Waals surface area contributed by atoms with Gasteiger partial charge in [0.25, 0.3) is 0 Å². The minimum absolute atomic E-state index is 0.000463. The van der Waals surface area contributed by atoms with Crippen LogP contribution < -0.4 is 15.4 Å². The van der Waals surface area contributed by atoms with Crippen LogP contribution in [0.1, 0.15) is 6.42 Å². The van der Waals surface area contributed by atoms with Crippen molar-refractivity contribution in [2.45, 2.75) is 12.5 Å². The average molecular weight is 207 g/mol. The molecule has 1 saturated heterocycles. The normalized spacial score (nSPS) is 20.8. The van der Waals surface area contributed by atoms with E-state index in [1.165, 1.54) is 0 Å². The molecule has 0 bridgehead atoms. The van der Waals surface area contributed by atoms with Crippen LogP contribution in [0.2, 0.25) is 0 Å². The molecular formula is C10H13N3O2. The molecular weight excluding hydrogens is 194 g/mol. The minimum Gasteiger partial charge on any atom is -0.493 e. The molecule has 15 heavy (non-hydrogen) atoms. The molecule has 1 aromatic heterocycles. The quantitative estimate of drug-likeness (QED) is 0.749. The van der Waals surface area contributed by atoms with Crippen molar-refractivity contribution in [3.8, 4) is 5.75 Å². The lowest BCUT2D eigenvalue weighted by molar-refractivity contribution is -0.117.